The number of nitrogens with one attached hydrogen (secondary N) is 1. The molecule has 3 N–H and O–H groups in total. The SMILES string of the molecule is C=CCC(CO)(CO)NC(C)=O. The molecule has 0 aliphatic heterocycles. The molecule has 0 spiro atoms. The Morgan fingerprint density at radius 3 is 2.33 bits per heavy atom. The number of amides is 1. The number of rotatable bonds is 5. The normalized spacial score (nSPS) is 10.9. The van der Waals surface area contributed by atoms with Crippen LogP contribution in [0, 0.1) is 0 Å². The van der Waals surface area contributed by atoms with E-state index in [1.165, 1.54) is 6.92 Å². The molecule has 0 saturated carbocycles. The predicted octanol–water partition coefficient (Wildman–Crippen LogP) is -0.578. The van der Waals surface area contributed by atoms with Crippen molar-refractivity contribution in [2.75, 3.05) is 13.2 Å². The molecule has 0 aromatic rings. The Labute approximate surface area is 71.9 Å². The molecule has 0 aromatic heterocycles. The molecule has 0 saturated heterocycles. The van der Waals surface area contributed by atoms with Gasteiger partial charge in [-0.25, -0.2) is 0 Å². The lowest BCUT2D eigenvalue weighted by Crippen LogP contribution is -2.53. The van der Waals surface area contributed by atoms with Crippen LogP contribution < -0.4 is 5.32 Å². The van der Waals surface area contributed by atoms with E-state index in [0.717, 1.165) is 0 Å². The molecule has 0 atom stereocenters. The minimum atomic E-state index is -0.951. The van der Waals surface area contributed by atoms with Crippen molar-refractivity contribution in [3.63, 3.8) is 0 Å². The Kier molecular flexibility index (Phi) is 4.54. The minimum absolute atomic E-state index is 0.278. The highest BCUT2D eigenvalue weighted by molar-refractivity contribution is 5.73. The van der Waals surface area contributed by atoms with Crippen LogP contribution in [0.1, 0.15) is 13.3 Å². The van der Waals surface area contributed by atoms with Gasteiger partial charge in [0.25, 0.3) is 0 Å². The van der Waals surface area contributed by atoms with E-state index in [0.29, 0.717) is 6.42 Å². The van der Waals surface area contributed by atoms with Crippen LogP contribution >= 0.6 is 0 Å². The first-order valence-corrected chi connectivity index (χ1v) is 3.71. The summed E-state index contributed by atoms with van der Waals surface area (Å²) in [5.74, 6) is -0.278. The van der Waals surface area contributed by atoms with Gasteiger partial charge in [-0.1, -0.05) is 6.08 Å². The molecule has 0 aliphatic rings. The van der Waals surface area contributed by atoms with Gasteiger partial charge in [0.2, 0.25) is 5.91 Å². The Balaban J connectivity index is 4.33. The lowest BCUT2D eigenvalue weighted by atomic mass is 9.97. The Hall–Kier alpha value is -0.870. The second kappa shape index (κ2) is 4.90. The summed E-state index contributed by atoms with van der Waals surface area (Å²) in [6.45, 7) is 4.22. The van der Waals surface area contributed by atoms with Crippen LogP contribution in [0.5, 0.6) is 0 Å². The molecule has 0 radical (unpaired) electrons. The zero-order valence-electron chi connectivity index (χ0n) is 7.21. The molecule has 0 heterocycles. The molecule has 4 nitrogen and oxygen atoms in total. The van der Waals surface area contributed by atoms with Gasteiger partial charge in [-0.3, -0.25) is 4.79 Å². The summed E-state index contributed by atoms with van der Waals surface area (Å²) >= 11 is 0. The minimum Gasteiger partial charge on any atom is -0.394 e. The summed E-state index contributed by atoms with van der Waals surface area (Å²) in [5.41, 5.74) is -0.951. The van der Waals surface area contributed by atoms with E-state index in [4.69, 9.17) is 10.2 Å². The zero-order chi connectivity index (χ0) is 9.61. The van der Waals surface area contributed by atoms with Crippen molar-refractivity contribution in [1.82, 2.24) is 5.32 Å². The van der Waals surface area contributed by atoms with Crippen LogP contribution in [0.15, 0.2) is 12.7 Å². The van der Waals surface area contributed by atoms with Crippen molar-refractivity contribution < 1.29 is 15.0 Å². The topological polar surface area (TPSA) is 69.6 Å². The number of aliphatic hydroxyl groups excluding tert-OH is 2. The standard InChI is InChI=1S/C8H15NO3/c1-3-4-8(5-10,6-11)9-7(2)12/h3,10-11H,1,4-6H2,2H3,(H,9,12). The average Bonchev–Trinajstić information content (AvgIpc) is 2.03. The number of carbonyl (C=O) groups is 1. The highest BCUT2D eigenvalue weighted by Crippen LogP contribution is 2.08. The van der Waals surface area contributed by atoms with Gasteiger partial charge in [0.1, 0.15) is 0 Å². The van der Waals surface area contributed by atoms with Gasteiger partial charge in [0.05, 0.1) is 18.8 Å². The fraction of sp³-hybridized carbons (Fsp3) is 0.625. The molecule has 0 aliphatic carbocycles. The van der Waals surface area contributed by atoms with E-state index in [-0.39, 0.29) is 19.1 Å². The highest BCUT2D eigenvalue weighted by atomic mass is 16.3. The van der Waals surface area contributed by atoms with Gasteiger partial charge in [-0.2, -0.15) is 0 Å². The summed E-state index contributed by atoms with van der Waals surface area (Å²) in [4.78, 5) is 10.7. The molecule has 4 heteroatoms. The molecule has 0 rings (SSSR count). The van der Waals surface area contributed by atoms with Crippen molar-refractivity contribution in [2.24, 2.45) is 0 Å². The Morgan fingerprint density at radius 1 is 1.58 bits per heavy atom. The summed E-state index contributed by atoms with van der Waals surface area (Å²) in [5, 5.41) is 20.4. The van der Waals surface area contributed by atoms with Crippen LogP contribution in [0.25, 0.3) is 0 Å². The quantitative estimate of drug-likeness (QED) is 0.487. The van der Waals surface area contributed by atoms with Crippen molar-refractivity contribution in [1.29, 1.82) is 0 Å². The largest absolute Gasteiger partial charge is 0.394 e. The molecule has 0 bridgehead atoms. The van der Waals surface area contributed by atoms with Gasteiger partial charge in [-0.15, -0.1) is 6.58 Å². The number of hydrogen-bond donors (Lipinski definition) is 3. The third-order valence-corrected chi connectivity index (χ3v) is 1.58. The maximum absolute atomic E-state index is 10.7. The monoisotopic (exact) mass is 173 g/mol. The van der Waals surface area contributed by atoms with E-state index in [1.807, 2.05) is 0 Å². The zero-order valence-corrected chi connectivity index (χ0v) is 7.21. The maximum atomic E-state index is 10.7. The maximum Gasteiger partial charge on any atom is 0.217 e. The molecule has 70 valence electrons. The van der Waals surface area contributed by atoms with Crippen LogP contribution in [0.2, 0.25) is 0 Å². The van der Waals surface area contributed by atoms with E-state index in [1.54, 1.807) is 6.08 Å². The first-order valence-electron chi connectivity index (χ1n) is 3.71. The first kappa shape index (κ1) is 11.1. The molecule has 0 aromatic carbocycles. The van der Waals surface area contributed by atoms with E-state index in [2.05, 4.69) is 11.9 Å². The molecule has 1 amide bonds. The third-order valence-electron chi connectivity index (χ3n) is 1.58. The predicted molar refractivity (Wildman–Crippen MR) is 45.5 cm³/mol. The summed E-state index contributed by atoms with van der Waals surface area (Å²) in [6, 6.07) is 0. The van der Waals surface area contributed by atoms with Crippen LogP contribution in [-0.2, 0) is 4.79 Å². The van der Waals surface area contributed by atoms with E-state index < -0.39 is 5.54 Å². The molecule has 0 fully saturated rings. The molecular weight excluding hydrogens is 158 g/mol. The fourth-order valence-electron chi connectivity index (χ4n) is 0.959. The van der Waals surface area contributed by atoms with Gasteiger partial charge in [0.15, 0.2) is 0 Å². The number of hydrogen-bond acceptors (Lipinski definition) is 3. The average molecular weight is 173 g/mol. The number of carbonyl (C=O) groups excluding carboxylic acids is 1. The van der Waals surface area contributed by atoms with Gasteiger partial charge < -0.3 is 15.5 Å². The third kappa shape index (κ3) is 3.02. The summed E-state index contributed by atoms with van der Waals surface area (Å²) in [6.07, 6.45) is 1.89. The first-order chi connectivity index (χ1) is 5.60. The second-order valence-electron chi connectivity index (χ2n) is 2.77. The Morgan fingerprint density at radius 2 is 2.08 bits per heavy atom. The van der Waals surface area contributed by atoms with Gasteiger partial charge in [0, 0.05) is 6.92 Å². The van der Waals surface area contributed by atoms with Crippen LogP contribution in [0.3, 0.4) is 0 Å². The van der Waals surface area contributed by atoms with Gasteiger partial charge in [-0.05, 0) is 6.42 Å². The number of aliphatic hydroxyl groups is 2. The molecular formula is C8H15NO3. The lowest BCUT2D eigenvalue weighted by molar-refractivity contribution is -0.122. The smallest absolute Gasteiger partial charge is 0.217 e. The fourth-order valence-corrected chi connectivity index (χ4v) is 0.959. The van der Waals surface area contributed by atoms with Crippen molar-refractivity contribution >= 4 is 5.91 Å². The van der Waals surface area contributed by atoms with E-state index >= 15 is 0 Å². The second-order valence-corrected chi connectivity index (χ2v) is 2.77. The van der Waals surface area contributed by atoms with Crippen LogP contribution in [-0.4, -0.2) is 34.9 Å². The Bertz CT molecular complexity index is 164. The van der Waals surface area contributed by atoms with Crippen LogP contribution in [0.4, 0.5) is 0 Å². The van der Waals surface area contributed by atoms with Crippen molar-refractivity contribution in [3.8, 4) is 0 Å². The molecule has 12 heavy (non-hydrogen) atoms. The highest BCUT2D eigenvalue weighted by Gasteiger charge is 2.27. The molecule has 0 unspecified atom stereocenters. The van der Waals surface area contributed by atoms with Crippen molar-refractivity contribution in [2.45, 2.75) is 18.9 Å². The van der Waals surface area contributed by atoms with Crippen molar-refractivity contribution in [3.05, 3.63) is 12.7 Å². The van der Waals surface area contributed by atoms with E-state index in [9.17, 15) is 4.79 Å². The summed E-state index contributed by atoms with van der Waals surface area (Å²) < 4.78 is 0. The summed E-state index contributed by atoms with van der Waals surface area (Å²) in [7, 11) is 0. The van der Waals surface area contributed by atoms with Gasteiger partial charge >= 0.3 is 0 Å². The lowest BCUT2D eigenvalue weighted by Gasteiger charge is -2.29.